The Bertz CT molecular complexity index is 1320. The molecule has 0 unspecified atom stereocenters. The van der Waals surface area contributed by atoms with Gasteiger partial charge >= 0.3 is 0 Å². The number of nitrogens with one attached hydrogen (secondary N) is 1. The summed E-state index contributed by atoms with van der Waals surface area (Å²) < 4.78 is 39.2. The van der Waals surface area contributed by atoms with E-state index in [0.29, 0.717) is 29.7 Å². The molecule has 2 saturated heterocycles. The first-order valence-corrected chi connectivity index (χ1v) is 12.7. The number of aliphatic imine (C=N–C) groups is 1. The van der Waals surface area contributed by atoms with Crippen LogP contribution in [0.1, 0.15) is 19.8 Å². The number of alkyl halides is 2. The minimum Gasteiger partial charge on any atom is -0.479 e. The third-order valence-electron chi connectivity index (χ3n) is 7.61. The van der Waals surface area contributed by atoms with Crippen LogP contribution in [-0.4, -0.2) is 90.2 Å². The van der Waals surface area contributed by atoms with E-state index in [2.05, 4.69) is 27.1 Å². The molecule has 0 radical (unpaired) electrons. The molecule has 6 rings (SSSR count). The Balaban J connectivity index is 1.25. The molecule has 0 saturated carbocycles. The third kappa shape index (κ3) is 4.50. The average molecular weight is 512 g/mol. The molecule has 1 N–H and O–H groups in total. The van der Waals surface area contributed by atoms with Crippen molar-refractivity contribution in [3.8, 4) is 17.0 Å². The SMILES string of the molecule is COc1nc(NC2CCN(C3(C)COC3)CC2)nn2ccc(-c3ccc4c(c3)N(CC(F)F)CC=N4)c12. The van der Waals surface area contributed by atoms with Gasteiger partial charge in [-0.15, -0.1) is 5.10 Å². The number of ether oxygens (including phenoxy) is 2. The average Bonchev–Trinajstić information content (AvgIpc) is 3.31. The molecule has 3 aliphatic heterocycles. The number of hydrogen-bond acceptors (Lipinski definition) is 8. The van der Waals surface area contributed by atoms with Crippen molar-refractivity contribution in [2.24, 2.45) is 4.99 Å². The van der Waals surface area contributed by atoms with Gasteiger partial charge in [-0.25, -0.2) is 13.3 Å². The van der Waals surface area contributed by atoms with E-state index in [1.807, 2.05) is 30.5 Å². The fourth-order valence-electron chi connectivity index (χ4n) is 5.48. The van der Waals surface area contributed by atoms with Crippen LogP contribution in [0, 0.1) is 0 Å². The maximum atomic E-state index is 13.2. The fraction of sp³-hybridized carbons (Fsp3) is 0.500. The number of piperidine rings is 1. The highest BCUT2D eigenvalue weighted by Crippen LogP contribution is 2.38. The topological polar surface area (TPSA) is 79.5 Å². The second kappa shape index (κ2) is 9.53. The number of methoxy groups -OCH3 is 1. The number of rotatable bonds is 7. The summed E-state index contributed by atoms with van der Waals surface area (Å²) in [5, 5.41) is 8.20. The number of likely N-dealkylation sites (tertiary alicyclic amines) is 1. The minimum atomic E-state index is -2.43. The molecule has 196 valence electrons. The standard InChI is InChI=1S/C26H31F2N7O2/c1-26(15-37-16-26)34-9-5-18(6-10-34)30-25-31-24(36-2)23-19(7-11-35(23)32-25)17-3-4-20-21(13-17)33(12-8-29-20)14-22(27)28/h3-4,7-8,11,13,18,22H,5-6,9-10,12,14-16H2,1-2H3,(H,30,32). The second-order valence-electron chi connectivity index (χ2n) is 10.2. The van der Waals surface area contributed by atoms with E-state index in [1.165, 1.54) is 0 Å². The van der Waals surface area contributed by atoms with E-state index in [4.69, 9.17) is 14.6 Å². The zero-order chi connectivity index (χ0) is 25.6. The molecular weight excluding hydrogens is 480 g/mol. The van der Waals surface area contributed by atoms with Crippen LogP contribution in [0.25, 0.3) is 16.6 Å². The summed E-state index contributed by atoms with van der Waals surface area (Å²) in [7, 11) is 1.59. The maximum absolute atomic E-state index is 13.2. The van der Waals surface area contributed by atoms with E-state index in [-0.39, 0.29) is 18.1 Å². The summed E-state index contributed by atoms with van der Waals surface area (Å²) >= 11 is 0. The molecule has 37 heavy (non-hydrogen) atoms. The Morgan fingerprint density at radius 1 is 1.22 bits per heavy atom. The van der Waals surface area contributed by atoms with Crippen molar-refractivity contribution in [3.63, 3.8) is 0 Å². The van der Waals surface area contributed by atoms with E-state index in [0.717, 1.165) is 55.8 Å². The Morgan fingerprint density at radius 3 is 2.73 bits per heavy atom. The lowest BCUT2D eigenvalue weighted by molar-refractivity contribution is -0.135. The fourth-order valence-corrected chi connectivity index (χ4v) is 5.48. The third-order valence-corrected chi connectivity index (χ3v) is 7.61. The molecule has 5 heterocycles. The van der Waals surface area contributed by atoms with Gasteiger partial charge in [0.25, 0.3) is 6.43 Å². The van der Waals surface area contributed by atoms with Gasteiger partial charge in [0.05, 0.1) is 50.3 Å². The van der Waals surface area contributed by atoms with Crippen LogP contribution in [0.5, 0.6) is 5.88 Å². The number of aromatic nitrogens is 3. The van der Waals surface area contributed by atoms with Gasteiger partial charge < -0.3 is 19.7 Å². The quantitative estimate of drug-likeness (QED) is 0.516. The van der Waals surface area contributed by atoms with Crippen LogP contribution >= 0.6 is 0 Å². The maximum Gasteiger partial charge on any atom is 0.255 e. The largest absolute Gasteiger partial charge is 0.479 e. The highest BCUT2D eigenvalue weighted by atomic mass is 19.3. The van der Waals surface area contributed by atoms with Crippen LogP contribution < -0.4 is 15.0 Å². The molecule has 0 bridgehead atoms. The molecule has 9 nitrogen and oxygen atoms in total. The van der Waals surface area contributed by atoms with E-state index in [9.17, 15) is 8.78 Å². The number of nitrogens with zero attached hydrogens (tertiary/aromatic N) is 6. The Hall–Kier alpha value is -3.31. The van der Waals surface area contributed by atoms with Gasteiger partial charge in [0.15, 0.2) is 0 Å². The number of halogens is 2. The molecule has 2 aromatic heterocycles. The number of anilines is 2. The highest BCUT2D eigenvalue weighted by Gasteiger charge is 2.40. The summed E-state index contributed by atoms with van der Waals surface area (Å²) in [4.78, 5) is 13.2. The zero-order valence-electron chi connectivity index (χ0n) is 21.0. The van der Waals surface area contributed by atoms with Gasteiger partial charge in [-0.2, -0.15) is 4.98 Å². The van der Waals surface area contributed by atoms with Crippen molar-refractivity contribution >= 4 is 29.1 Å². The Kier molecular flexibility index (Phi) is 6.20. The molecule has 3 aliphatic rings. The zero-order valence-corrected chi connectivity index (χ0v) is 21.0. The lowest BCUT2D eigenvalue weighted by Crippen LogP contribution is -2.62. The Labute approximate surface area is 214 Å². The van der Waals surface area contributed by atoms with Crippen molar-refractivity contribution in [3.05, 3.63) is 30.5 Å². The predicted molar refractivity (Wildman–Crippen MR) is 139 cm³/mol. The van der Waals surface area contributed by atoms with Gasteiger partial charge in [0.2, 0.25) is 11.8 Å². The number of hydrogen-bond donors (Lipinski definition) is 1. The normalized spacial score (nSPS) is 19.8. The summed E-state index contributed by atoms with van der Waals surface area (Å²) in [6, 6.07) is 7.91. The molecule has 3 aromatic rings. The van der Waals surface area contributed by atoms with Crippen LogP contribution in [0.2, 0.25) is 0 Å². The first kappa shape index (κ1) is 24.1. The summed E-state index contributed by atoms with van der Waals surface area (Å²) in [5.74, 6) is 0.972. The molecule has 0 spiro atoms. The van der Waals surface area contributed by atoms with Gasteiger partial charge in [-0.1, -0.05) is 6.07 Å². The summed E-state index contributed by atoms with van der Waals surface area (Å²) in [5.41, 5.74) is 3.98. The lowest BCUT2D eigenvalue weighted by atomic mass is 9.93. The lowest BCUT2D eigenvalue weighted by Gasteiger charge is -2.49. The molecule has 1 aromatic carbocycles. The summed E-state index contributed by atoms with van der Waals surface area (Å²) in [6.07, 6.45) is 3.11. The van der Waals surface area contributed by atoms with Crippen molar-refractivity contribution < 1.29 is 18.3 Å². The highest BCUT2D eigenvalue weighted by molar-refractivity contribution is 5.90. The molecule has 0 amide bonds. The predicted octanol–water partition coefficient (Wildman–Crippen LogP) is 3.86. The van der Waals surface area contributed by atoms with E-state index < -0.39 is 6.43 Å². The van der Waals surface area contributed by atoms with E-state index >= 15 is 0 Å². The smallest absolute Gasteiger partial charge is 0.255 e. The van der Waals surface area contributed by atoms with Gasteiger partial charge in [0, 0.05) is 37.1 Å². The molecule has 0 atom stereocenters. The van der Waals surface area contributed by atoms with Crippen molar-refractivity contribution in [2.75, 3.05) is 56.7 Å². The second-order valence-corrected chi connectivity index (χ2v) is 10.2. The molecule has 0 aliphatic carbocycles. The first-order valence-electron chi connectivity index (χ1n) is 12.7. The van der Waals surface area contributed by atoms with Gasteiger partial charge in [-0.05, 0) is 43.5 Å². The number of fused-ring (bicyclic) bond motifs is 2. The van der Waals surface area contributed by atoms with Crippen molar-refractivity contribution in [2.45, 2.75) is 37.8 Å². The van der Waals surface area contributed by atoms with Crippen molar-refractivity contribution in [1.29, 1.82) is 0 Å². The van der Waals surface area contributed by atoms with E-state index in [1.54, 1.807) is 22.7 Å². The Morgan fingerprint density at radius 2 is 2.03 bits per heavy atom. The van der Waals surface area contributed by atoms with Crippen LogP contribution in [0.15, 0.2) is 35.5 Å². The number of benzene rings is 1. The van der Waals surface area contributed by atoms with Crippen LogP contribution in [-0.2, 0) is 4.74 Å². The summed E-state index contributed by atoms with van der Waals surface area (Å²) in [6.45, 7) is 5.91. The molecule has 11 heteroatoms. The van der Waals surface area contributed by atoms with Crippen molar-refractivity contribution in [1.82, 2.24) is 19.5 Å². The molecule has 2 fully saturated rings. The van der Waals surface area contributed by atoms with Gasteiger partial charge in [0.1, 0.15) is 5.52 Å². The van der Waals surface area contributed by atoms with Crippen LogP contribution in [0.3, 0.4) is 0 Å². The van der Waals surface area contributed by atoms with Gasteiger partial charge in [-0.3, -0.25) is 9.89 Å². The molecular formula is C26H31F2N7O2. The minimum absolute atomic E-state index is 0.171. The van der Waals surface area contributed by atoms with Crippen LogP contribution in [0.4, 0.5) is 26.1 Å². The monoisotopic (exact) mass is 511 g/mol. The first-order chi connectivity index (χ1) is 17.9.